The van der Waals surface area contributed by atoms with Crippen LogP contribution in [0.25, 0.3) is 0 Å². The van der Waals surface area contributed by atoms with Crippen LogP contribution in [0.3, 0.4) is 0 Å². The van der Waals surface area contributed by atoms with Crippen LogP contribution in [-0.4, -0.2) is 198 Å². The standard InChI is InChI=1S/C57H84N6O17/c1-14-26-77-40-28-37(79-56-48(67)46(65)47(66)50(80-56)55(72)73)24-23-36(40)30-78-57(74)62(11)44(32(5)6)53(70)60-43(31(3)4)54(71)61(10)45(33(7)15-2)41(75-12)29-42(64)63-25-19-22-39(63)49(76-13)34(8)51(68)59-38(52(69)58-9)27-35-20-17-16-18-21-35/h1,16-18,20-21,23-24,28,31-34,38-39,41,43-50,56,65-67H,15,19,22,25-27,29-30H2,2-13H3,(H,58,69)(H,59,68)(H,60,70)(H,72,73)/t33?,34-,38?,39+,41-,43+,44+,45+,46?,47+,48-,49-,50+,56-/m1/s1. The number of terminal acetylenes is 1. The zero-order valence-corrected chi connectivity index (χ0v) is 48.0. The number of aliphatic hydroxyl groups excluding tert-OH is 3. The molecule has 7 N–H and O–H groups in total. The fraction of sp³-hybridized carbons (Fsp3) is 0.632. The minimum atomic E-state index is -1.93. The number of likely N-dealkylation sites (tertiary alicyclic amines) is 1. The second-order valence-electron chi connectivity index (χ2n) is 21.2. The Morgan fingerprint density at radius 2 is 1.54 bits per heavy atom. The van der Waals surface area contributed by atoms with Gasteiger partial charge in [0.15, 0.2) is 6.10 Å². The normalized spacial score (nSPS) is 22.0. The fourth-order valence-electron chi connectivity index (χ4n) is 10.4. The first-order valence-electron chi connectivity index (χ1n) is 27.0. The van der Waals surface area contributed by atoms with Gasteiger partial charge in [-0.05, 0) is 48.3 Å². The SMILES string of the molecule is C#CCOc1cc(O[C@@H]2O[C@H](C(=O)O)[C@@H](O)C(O)[C@H]2O)ccc1COC(=O)N(C)[C@H](C(=O)N[C@H](C(=O)N(C)[C@@H](C(C)CC)[C@@H](CC(=O)N1CCC[C@H]1[C@H](OC)[C@@H](C)C(=O)NC(Cc1ccccc1)C(=O)NC)OC)C(C)C)C(C)C. The molecule has 80 heavy (non-hydrogen) atoms. The summed E-state index contributed by atoms with van der Waals surface area (Å²) in [6, 6.07) is 9.25. The number of carboxylic acid groups (broad SMARTS) is 1. The van der Waals surface area contributed by atoms with Crippen molar-refractivity contribution in [3.05, 3.63) is 59.7 Å². The summed E-state index contributed by atoms with van der Waals surface area (Å²) in [6.45, 7) is 12.4. The molecule has 2 aromatic rings. The van der Waals surface area contributed by atoms with Gasteiger partial charge >= 0.3 is 12.1 Å². The number of nitrogens with zero attached hydrogens (tertiary/aromatic N) is 3. The van der Waals surface area contributed by atoms with Crippen molar-refractivity contribution in [1.29, 1.82) is 0 Å². The number of ether oxygens (including phenoxy) is 6. The molecule has 2 aliphatic rings. The number of aliphatic carboxylic acids is 1. The average molecular weight is 1130 g/mol. The number of hydrogen-bond donors (Lipinski definition) is 7. The molecule has 2 saturated heterocycles. The van der Waals surface area contributed by atoms with Crippen molar-refractivity contribution in [2.75, 3.05) is 48.5 Å². The summed E-state index contributed by atoms with van der Waals surface area (Å²) in [6.07, 6.45) is -4.32. The lowest BCUT2D eigenvalue weighted by atomic mass is 9.89. The molecule has 6 amide bonds. The molecule has 444 valence electrons. The number of hydrogen-bond acceptors (Lipinski definition) is 16. The first kappa shape index (κ1) is 66.0. The van der Waals surface area contributed by atoms with E-state index in [1.165, 1.54) is 51.4 Å². The molecule has 0 saturated carbocycles. The fourth-order valence-corrected chi connectivity index (χ4v) is 10.4. The Bertz CT molecular complexity index is 2440. The van der Waals surface area contributed by atoms with Crippen molar-refractivity contribution >= 4 is 41.6 Å². The molecule has 23 nitrogen and oxygen atoms in total. The first-order chi connectivity index (χ1) is 37.9. The number of rotatable bonds is 28. The molecule has 23 heteroatoms. The highest BCUT2D eigenvalue weighted by Gasteiger charge is 2.49. The van der Waals surface area contributed by atoms with Crippen LogP contribution >= 0.6 is 0 Å². The van der Waals surface area contributed by atoms with E-state index in [9.17, 15) is 54.0 Å². The predicted octanol–water partition coefficient (Wildman–Crippen LogP) is 2.10. The minimum absolute atomic E-state index is 0.0321. The van der Waals surface area contributed by atoms with Crippen molar-refractivity contribution < 1.29 is 82.4 Å². The molecule has 2 fully saturated rings. The Hall–Kier alpha value is -6.55. The second-order valence-corrected chi connectivity index (χ2v) is 21.2. The van der Waals surface area contributed by atoms with Crippen LogP contribution in [-0.2, 0) is 60.7 Å². The molecule has 0 aliphatic carbocycles. The lowest BCUT2D eigenvalue weighted by Crippen LogP contribution is -2.61. The maximum Gasteiger partial charge on any atom is 0.410 e. The molecular weight excluding hydrogens is 1040 g/mol. The Kier molecular flexibility index (Phi) is 25.5. The molecule has 2 aromatic carbocycles. The van der Waals surface area contributed by atoms with E-state index in [-0.39, 0.29) is 54.2 Å². The average Bonchev–Trinajstić information content (AvgIpc) is 4.00. The second kappa shape index (κ2) is 30.9. The van der Waals surface area contributed by atoms with Gasteiger partial charge in [0.25, 0.3) is 0 Å². The van der Waals surface area contributed by atoms with Gasteiger partial charge in [0.2, 0.25) is 35.8 Å². The minimum Gasteiger partial charge on any atom is -0.480 e. The Labute approximate surface area is 469 Å². The Morgan fingerprint density at radius 1 is 0.863 bits per heavy atom. The third kappa shape index (κ3) is 16.8. The number of likely N-dealkylation sites (N-methyl/N-ethyl adjacent to an activating group) is 3. The third-order valence-corrected chi connectivity index (χ3v) is 15.0. The van der Waals surface area contributed by atoms with E-state index in [0.29, 0.717) is 25.8 Å². The van der Waals surface area contributed by atoms with Crippen LogP contribution < -0.4 is 25.4 Å². The smallest absolute Gasteiger partial charge is 0.410 e. The summed E-state index contributed by atoms with van der Waals surface area (Å²) in [7, 11) is 7.48. The van der Waals surface area contributed by atoms with Crippen LogP contribution in [0.4, 0.5) is 4.79 Å². The van der Waals surface area contributed by atoms with Gasteiger partial charge in [0.1, 0.15) is 61.2 Å². The number of methoxy groups -OCH3 is 2. The largest absolute Gasteiger partial charge is 0.480 e. The zero-order valence-electron chi connectivity index (χ0n) is 48.0. The van der Waals surface area contributed by atoms with Gasteiger partial charge in [0, 0.05) is 60.0 Å². The van der Waals surface area contributed by atoms with Gasteiger partial charge in [-0.2, -0.15) is 0 Å². The van der Waals surface area contributed by atoms with Crippen molar-refractivity contribution in [3.63, 3.8) is 0 Å². The molecule has 0 bridgehead atoms. The van der Waals surface area contributed by atoms with Crippen molar-refractivity contribution in [2.24, 2.45) is 23.7 Å². The van der Waals surface area contributed by atoms with Crippen LogP contribution in [0.5, 0.6) is 11.5 Å². The highest BCUT2D eigenvalue weighted by Crippen LogP contribution is 2.32. The first-order valence-corrected chi connectivity index (χ1v) is 27.0. The summed E-state index contributed by atoms with van der Waals surface area (Å²) in [5, 5.41) is 48.6. The number of carboxylic acids is 1. The van der Waals surface area contributed by atoms with Crippen LogP contribution in [0.1, 0.15) is 85.3 Å². The van der Waals surface area contributed by atoms with Crippen molar-refractivity contribution in [3.8, 4) is 23.8 Å². The predicted molar refractivity (Wildman–Crippen MR) is 291 cm³/mol. The third-order valence-electron chi connectivity index (χ3n) is 15.0. The van der Waals surface area contributed by atoms with E-state index in [1.54, 1.807) is 46.6 Å². The maximum atomic E-state index is 14.8. The topological polar surface area (TPSA) is 302 Å². The van der Waals surface area contributed by atoms with Gasteiger partial charge in [-0.25, -0.2) is 9.59 Å². The number of nitrogens with one attached hydrogen (secondary N) is 3. The number of carbonyl (C=O) groups excluding carboxylic acids is 6. The summed E-state index contributed by atoms with van der Waals surface area (Å²) in [5.41, 5.74) is 1.15. The molecule has 4 rings (SSSR count). The van der Waals surface area contributed by atoms with Crippen LogP contribution in [0.15, 0.2) is 48.5 Å². The van der Waals surface area contributed by atoms with Crippen molar-refractivity contribution in [2.45, 2.75) is 160 Å². The van der Waals surface area contributed by atoms with Gasteiger partial charge < -0.3 is 74.6 Å². The molecule has 3 unspecified atom stereocenters. The molecular formula is C57H84N6O17. The lowest BCUT2D eigenvalue weighted by Gasteiger charge is -2.41. The summed E-state index contributed by atoms with van der Waals surface area (Å²) < 4.78 is 34.2. The molecule has 2 aliphatic heterocycles. The van der Waals surface area contributed by atoms with Crippen LogP contribution in [0.2, 0.25) is 0 Å². The van der Waals surface area contributed by atoms with Gasteiger partial charge in [0.05, 0.1) is 36.6 Å². The van der Waals surface area contributed by atoms with E-state index in [1.807, 2.05) is 44.2 Å². The van der Waals surface area contributed by atoms with E-state index in [2.05, 4.69) is 21.9 Å². The monoisotopic (exact) mass is 1120 g/mol. The Balaban J connectivity index is 1.47. The van der Waals surface area contributed by atoms with E-state index in [4.69, 9.17) is 34.8 Å². The summed E-state index contributed by atoms with van der Waals surface area (Å²) >= 11 is 0. The summed E-state index contributed by atoms with van der Waals surface area (Å²) in [5.74, 6) is -3.22. The number of aliphatic hydroxyl groups is 3. The quantitative estimate of drug-likeness (QED) is 0.0600. The van der Waals surface area contributed by atoms with Crippen LogP contribution in [0, 0.1) is 36.0 Å². The van der Waals surface area contributed by atoms with Crippen molar-refractivity contribution in [1.82, 2.24) is 30.7 Å². The molecule has 0 radical (unpaired) electrons. The van der Waals surface area contributed by atoms with E-state index in [0.717, 1.165) is 10.5 Å². The van der Waals surface area contributed by atoms with Gasteiger partial charge in [-0.3, -0.25) is 28.9 Å². The Morgan fingerprint density at radius 3 is 2.11 bits per heavy atom. The molecule has 14 atom stereocenters. The number of amides is 6. The molecule has 2 heterocycles. The summed E-state index contributed by atoms with van der Waals surface area (Å²) in [4.78, 5) is 100. The highest BCUT2D eigenvalue weighted by atomic mass is 16.7. The molecule has 0 aromatic heterocycles. The number of benzene rings is 2. The molecule has 0 spiro atoms. The zero-order chi connectivity index (χ0) is 59.7. The van der Waals surface area contributed by atoms with Gasteiger partial charge in [-0.1, -0.05) is 91.1 Å². The van der Waals surface area contributed by atoms with E-state index >= 15 is 0 Å². The highest BCUT2D eigenvalue weighted by molar-refractivity contribution is 5.92. The number of carbonyl (C=O) groups is 7. The maximum absolute atomic E-state index is 14.8. The van der Waals surface area contributed by atoms with E-state index < -0.39 is 127 Å². The lowest BCUT2D eigenvalue weighted by molar-refractivity contribution is -0.271. The van der Waals surface area contributed by atoms with Gasteiger partial charge in [-0.15, -0.1) is 6.42 Å².